The molecule has 2 rings (SSSR count). The Morgan fingerprint density at radius 3 is 3.05 bits per heavy atom. The first kappa shape index (κ1) is 14.2. The molecule has 4 nitrogen and oxygen atoms in total. The number of benzene rings is 1. The van der Waals surface area contributed by atoms with Gasteiger partial charge in [-0.25, -0.2) is 4.39 Å². The first-order valence-electron chi connectivity index (χ1n) is 6.10. The summed E-state index contributed by atoms with van der Waals surface area (Å²) in [6.07, 6.45) is 1.84. The van der Waals surface area contributed by atoms with Gasteiger partial charge in [0.15, 0.2) is 0 Å². The fourth-order valence-corrected chi connectivity index (χ4v) is 2.30. The average molecular weight is 288 g/mol. The molecule has 0 saturated carbocycles. The van der Waals surface area contributed by atoms with E-state index in [9.17, 15) is 14.3 Å². The van der Waals surface area contributed by atoms with E-state index in [1.54, 1.807) is 0 Å². The summed E-state index contributed by atoms with van der Waals surface area (Å²) in [5.41, 5.74) is 0.0398. The van der Waals surface area contributed by atoms with E-state index in [0.717, 1.165) is 12.8 Å². The number of halogens is 2. The highest BCUT2D eigenvalue weighted by Crippen LogP contribution is 2.22. The Morgan fingerprint density at radius 1 is 1.63 bits per heavy atom. The van der Waals surface area contributed by atoms with Gasteiger partial charge in [0, 0.05) is 23.7 Å². The number of carbonyl (C=O) groups is 1. The van der Waals surface area contributed by atoms with Crippen LogP contribution in [0.5, 0.6) is 0 Å². The molecule has 0 amide bonds. The molecule has 1 aromatic carbocycles. The highest BCUT2D eigenvalue weighted by Gasteiger charge is 2.25. The number of nitrogens with one attached hydrogen (secondary N) is 1. The van der Waals surface area contributed by atoms with Gasteiger partial charge in [0.1, 0.15) is 11.9 Å². The lowest BCUT2D eigenvalue weighted by Crippen LogP contribution is -2.35. The molecule has 6 heteroatoms. The van der Waals surface area contributed by atoms with Crippen LogP contribution in [0.1, 0.15) is 24.4 Å². The van der Waals surface area contributed by atoms with Gasteiger partial charge in [-0.1, -0.05) is 11.6 Å². The summed E-state index contributed by atoms with van der Waals surface area (Å²) in [4.78, 5) is 11.3. The van der Waals surface area contributed by atoms with Crippen molar-refractivity contribution in [1.29, 1.82) is 0 Å². The topological polar surface area (TPSA) is 58.6 Å². The van der Waals surface area contributed by atoms with E-state index in [-0.39, 0.29) is 11.7 Å². The standard InChI is InChI=1S/C13H15ClFNO3/c14-8-3-4-11(15)10(6-8)12(13(17)18)16-7-9-2-1-5-19-9/h3-4,6,9,12,16H,1-2,5,7H2,(H,17,18). The zero-order valence-corrected chi connectivity index (χ0v) is 11.0. The number of hydrogen-bond donors (Lipinski definition) is 2. The highest BCUT2D eigenvalue weighted by molar-refractivity contribution is 6.30. The van der Waals surface area contributed by atoms with E-state index < -0.39 is 17.8 Å². The van der Waals surface area contributed by atoms with Crippen LogP contribution in [-0.2, 0) is 9.53 Å². The lowest BCUT2D eigenvalue weighted by Gasteiger charge is -2.18. The van der Waals surface area contributed by atoms with E-state index in [4.69, 9.17) is 16.3 Å². The van der Waals surface area contributed by atoms with Crippen LogP contribution in [0.3, 0.4) is 0 Å². The summed E-state index contributed by atoms with van der Waals surface area (Å²) >= 11 is 5.78. The molecule has 2 N–H and O–H groups in total. The van der Waals surface area contributed by atoms with Gasteiger partial charge in [0.25, 0.3) is 0 Å². The van der Waals surface area contributed by atoms with E-state index >= 15 is 0 Å². The molecular formula is C13H15ClFNO3. The second-order valence-electron chi connectivity index (χ2n) is 4.48. The van der Waals surface area contributed by atoms with Crippen molar-refractivity contribution in [3.05, 3.63) is 34.6 Å². The number of hydrogen-bond acceptors (Lipinski definition) is 3. The van der Waals surface area contributed by atoms with E-state index in [2.05, 4.69) is 5.32 Å². The smallest absolute Gasteiger partial charge is 0.325 e. The molecule has 1 saturated heterocycles. The molecule has 1 fully saturated rings. The molecule has 19 heavy (non-hydrogen) atoms. The van der Waals surface area contributed by atoms with Crippen LogP contribution in [0.15, 0.2) is 18.2 Å². The minimum Gasteiger partial charge on any atom is -0.480 e. The fraction of sp³-hybridized carbons (Fsp3) is 0.462. The van der Waals surface area contributed by atoms with Crippen molar-refractivity contribution in [1.82, 2.24) is 5.32 Å². The molecular weight excluding hydrogens is 273 g/mol. The number of rotatable bonds is 5. The van der Waals surface area contributed by atoms with Crippen molar-refractivity contribution in [2.75, 3.05) is 13.2 Å². The van der Waals surface area contributed by atoms with Gasteiger partial charge >= 0.3 is 5.97 Å². The van der Waals surface area contributed by atoms with Gasteiger partial charge in [0.2, 0.25) is 0 Å². The number of carboxylic acids is 1. The fourth-order valence-electron chi connectivity index (χ4n) is 2.12. The summed E-state index contributed by atoms with van der Waals surface area (Å²) in [5, 5.41) is 12.3. The van der Waals surface area contributed by atoms with Crippen molar-refractivity contribution in [3.63, 3.8) is 0 Å². The highest BCUT2D eigenvalue weighted by atomic mass is 35.5. The van der Waals surface area contributed by atoms with Crippen LogP contribution in [-0.4, -0.2) is 30.3 Å². The van der Waals surface area contributed by atoms with Crippen LogP contribution >= 0.6 is 11.6 Å². The zero-order chi connectivity index (χ0) is 13.8. The Bertz CT molecular complexity index is 463. The number of ether oxygens (including phenoxy) is 1. The first-order valence-corrected chi connectivity index (χ1v) is 6.48. The lowest BCUT2D eigenvalue weighted by atomic mass is 10.1. The normalized spacial score (nSPS) is 20.4. The van der Waals surface area contributed by atoms with Gasteiger partial charge in [-0.3, -0.25) is 10.1 Å². The van der Waals surface area contributed by atoms with Crippen molar-refractivity contribution in [3.8, 4) is 0 Å². The van der Waals surface area contributed by atoms with Crippen molar-refractivity contribution in [2.24, 2.45) is 0 Å². The minimum atomic E-state index is -1.14. The Kier molecular flexibility index (Phi) is 4.74. The number of aliphatic carboxylic acids is 1. The largest absolute Gasteiger partial charge is 0.480 e. The molecule has 1 aliphatic rings. The second kappa shape index (κ2) is 6.32. The van der Waals surface area contributed by atoms with Gasteiger partial charge in [-0.05, 0) is 31.0 Å². The molecule has 2 atom stereocenters. The Labute approximate surface area is 115 Å². The molecule has 1 aromatic rings. The predicted molar refractivity (Wildman–Crippen MR) is 68.8 cm³/mol. The van der Waals surface area contributed by atoms with Crippen LogP contribution in [0.4, 0.5) is 4.39 Å². The molecule has 1 aliphatic heterocycles. The Hall–Kier alpha value is -1.17. The molecule has 0 bridgehead atoms. The van der Waals surface area contributed by atoms with Gasteiger partial charge in [-0.15, -0.1) is 0 Å². The molecule has 0 spiro atoms. The molecule has 1 heterocycles. The molecule has 0 aliphatic carbocycles. The van der Waals surface area contributed by atoms with Crippen molar-refractivity contribution >= 4 is 17.6 Å². The van der Waals surface area contributed by atoms with E-state index in [1.165, 1.54) is 18.2 Å². The summed E-state index contributed by atoms with van der Waals surface area (Å²) < 4.78 is 19.1. The SMILES string of the molecule is O=C(O)C(NCC1CCCO1)c1cc(Cl)ccc1F. The maximum Gasteiger partial charge on any atom is 0.325 e. The Balaban J connectivity index is 2.10. The monoisotopic (exact) mass is 287 g/mol. The third-order valence-electron chi connectivity index (χ3n) is 3.09. The van der Waals surface area contributed by atoms with E-state index in [1.807, 2.05) is 0 Å². The minimum absolute atomic E-state index is 0.0101. The summed E-state index contributed by atoms with van der Waals surface area (Å²) in [5.74, 6) is -1.73. The second-order valence-corrected chi connectivity index (χ2v) is 4.92. The third-order valence-corrected chi connectivity index (χ3v) is 3.32. The summed E-state index contributed by atoms with van der Waals surface area (Å²) in [6.45, 7) is 1.07. The first-order chi connectivity index (χ1) is 9.08. The Morgan fingerprint density at radius 2 is 2.42 bits per heavy atom. The van der Waals surface area contributed by atoms with Crippen LogP contribution in [0, 0.1) is 5.82 Å². The summed E-state index contributed by atoms with van der Waals surface area (Å²) in [6, 6.07) is 2.77. The quantitative estimate of drug-likeness (QED) is 0.873. The third kappa shape index (κ3) is 3.65. The van der Waals surface area contributed by atoms with Crippen molar-refractivity contribution in [2.45, 2.75) is 25.0 Å². The van der Waals surface area contributed by atoms with Crippen LogP contribution in [0.25, 0.3) is 0 Å². The van der Waals surface area contributed by atoms with Gasteiger partial charge in [0.05, 0.1) is 6.10 Å². The van der Waals surface area contributed by atoms with Crippen LogP contribution < -0.4 is 5.32 Å². The zero-order valence-electron chi connectivity index (χ0n) is 10.2. The lowest BCUT2D eigenvalue weighted by molar-refractivity contribution is -0.139. The van der Waals surface area contributed by atoms with Crippen molar-refractivity contribution < 1.29 is 19.0 Å². The number of carboxylic acid groups (broad SMARTS) is 1. The average Bonchev–Trinajstić information content (AvgIpc) is 2.86. The van der Waals surface area contributed by atoms with Gasteiger partial charge in [-0.2, -0.15) is 0 Å². The molecule has 0 radical (unpaired) electrons. The maximum atomic E-state index is 13.7. The molecule has 104 valence electrons. The molecule has 0 aromatic heterocycles. The predicted octanol–water partition coefficient (Wildman–Crippen LogP) is 2.37. The molecule has 2 unspecified atom stereocenters. The summed E-state index contributed by atoms with van der Waals surface area (Å²) in [7, 11) is 0. The van der Waals surface area contributed by atoms with E-state index in [0.29, 0.717) is 18.2 Å². The van der Waals surface area contributed by atoms with Crippen LogP contribution in [0.2, 0.25) is 5.02 Å². The van der Waals surface area contributed by atoms with Gasteiger partial charge < -0.3 is 9.84 Å². The maximum absolute atomic E-state index is 13.7.